The van der Waals surface area contributed by atoms with E-state index in [0.29, 0.717) is 19.1 Å². The van der Waals surface area contributed by atoms with Crippen molar-refractivity contribution in [2.45, 2.75) is 32.9 Å². The Kier molecular flexibility index (Phi) is 6.86. The van der Waals surface area contributed by atoms with Crippen LogP contribution in [0.1, 0.15) is 25.8 Å². The predicted molar refractivity (Wildman–Crippen MR) is 92.6 cm³/mol. The number of carbonyl (C=O) groups excluding carboxylic acids is 1. The molecule has 1 amide bonds. The summed E-state index contributed by atoms with van der Waals surface area (Å²) in [4.78, 5) is 16.7. The molecule has 1 aromatic rings. The fourth-order valence-electron chi connectivity index (χ4n) is 2.78. The van der Waals surface area contributed by atoms with Gasteiger partial charge in [-0.25, -0.2) is 0 Å². The zero-order valence-corrected chi connectivity index (χ0v) is 14.5. The van der Waals surface area contributed by atoms with E-state index in [0.717, 1.165) is 44.0 Å². The fourth-order valence-corrected chi connectivity index (χ4v) is 2.78. The maximum Gasteiger partial charge on any atom is 0.234 e. The summed E-state index contributed by atoms with van der Waals surface area (Å²) in [5, 5.41) is 3.01. The highest BCUT2D eigenvalue weighted by atomic mass is 16.5. The van der Waals surface area contributed by atoms with Gasteiger partial charge in [0.25, 0.3) is 0 Å². The van der Waals surface area contributed by atoms with E-state index >= 15 is 0 Å². The van der Waals surface area contributed by atoms with Crippen molar-refractivity contribution < 1.29 is 9.53 Å². The molecule has 1 aromatic carbocycles. The minimum atomic E-state index is 0.0905. The maximum atomic E-state index is 12.1. The Bertz CT molecular complexity index is 490. The Morgan fingerprint density at radius 3 is 2.70 bits per heavy atom. The van der Waals surface area contributed by atoms with E-state index in [9.17, 15) is 4.79 Å². The van der Waals surface area contributed by atoms with Crippen LogP contribution >= 0.6 is 0 Å². The first-order valence-corrected chi connectivity index (χ1v) is 8.49. The molecule has 0 radical (unpaired) electrons. The number of nitrogens with one attached hydrogen (secondary N) is 1. The number of piperazine rings is 1. The Morgan fingerprint density at radius 2 is 2.04 bits per heavy atom. The lowest BCUT2D eigenvalue weighted by molar-refractivity contribution is -0.123. The van der Waals surface area contributed by atoms with Gasteiger partial charge in [-0.2, -0.15) is 0 Å². The van der Waals surface area contributed by atoms with E-state index in [4.69, 9.17) is 4.74 Å². The molecule has 128 valence electrons. The third-order valence-corrected chi connectivity index (χ3v) is 4.20. The number of ether oxygens (including phenoxy) is 1. The largest absolute Gasteiger partial charge is 0.494 e. The highest BCUT2D eigenvalue weighted by Gasteiger charge is 2.22. The number of likely N-dealkylation sites (N-methyl/N-ethyl adjacent to an activating group) is 1. The molecule has 2 rings (SSSR count). The molecule has 1 saturated heterocycles. The second-order valence-corrected chi connectivity index (χ2v) is 6.35. The number of carbonyl (C=O) groups is 1. The monoisotopic (exact) mass is 319 g/mol. The van der Waals surface area contributed by atoms with E-state index in [2.05, 4.69) is 36.0 Å². The SMILES string of the molecule is CCCOc1ccc(CNC(=O)CN2CCN(C)C[C@@H]2C)cc1. The molecule has 0 spiro atoms. The van der Waals surface area contributed by atoms with Crippen molar-refractivity contribution in [3.8, 4) is 5.75 Å². The molecule has 0 saturated carbocycles. The van der Waals surface area contributed by atoms with Crippen molar-refractivity contribution in [2.24, 2.45) is 0 Å². The molecule has 23 heavy (non-hydrogen) atoms. The maximum absolute atomic E-state index is 12.1. The third kappa shape index (κ3) is 5.84. The van der Waals surface area contributed by atoms with Crippen LogP contribution in [0.4, 0.5) is 0 Å². The van der Waals surface area contributed by atoms with Gasteiger partial charge in [0, 0.05) is 32.2 Å². The van der Waals surface area contributed by atoms with Gasteiger partial charge in [-0.3, -0.25) is 9.69 Å². The van der Waals surface area contributed by atoms with Crippen molar-refractivity contribution >= 4 is 5.91 Å². The minimum absolute atomic E-state index is 0.0905. The van der Waals surface area contributed by atoms with Crippen LogP contribution in [0.5, 0.6) is 5.75 Å². The smallest absolute Gasteiger partial charge is 0.234 e. The van der Waals surface area contributed by atoms with Gasteiger partial charge < -0.3 is 15.0 Å². The Hall–Kier alpha value is -1.59. The highest BCUT2D eigenvalue weighted by molar-refractivity contribution is 5.78. The molecule has 1 N–H and O–H groups in total. The number of hydrogen-bond acceptors (Lipinski definition) is 4. The molecule has 0 aliphatic carbocycles. The van der Waals surface area contributed by atoms with E-state index < -0.39 is 0 Å². The second-order valence-electron chi connectivity index (χ2n) is 6.35. The molecule has 0 bridgehead atoms. The van der Waals surface area contributed by atoms with Crippen LogP contribution in [-0.2, 0) is 11.3 Å². The summed E-state index contributed by atoms with van der Waals surface area (Å²) < 4.78 is 5.56. The molecule has 1 fully saturated rings. The van der Waals surface area contributed by atoms with Crippen LogP contribution in [0, 0.1) is 0 Å². The van der Waals surface area contributed by atoms with Gasteiger partial charge in [-0.15, -0.1) is 0 Å². The lowest BCUT2D eigenvalue weighted by Crippen LogP contribution is -2.53. The molecule has 1 atom stereocenters. The number of hydrogen-bond donors (Lipinski definition) is 1. The van der Waals surface area contributed by atoms with Gasteiger partial charge in [0.2, 0.25) is 5.91 Å². The minimum Gasteiger partial charge on any atom is -0.494 e. The van der Waals surface area contributed by atoms with Crippen LogP contribution in [0.2, 0.25) is 0 Å². The van der Waals surface area contributed by atoms with Crippen molar-refractivity contribution in [3.63, 3.8) is 0 Å². The average Bonchev–Trinajstić information content (AvgIpc) is 2.54. The summed E-state index contributed by atoms with van der Waals surface area (Å²) in [6, 6.07) is 8.35. The zero-order valence-electron chi connectivity index (χ0n) is 14.5. The molecule has 1 heterocycles. The number of rotatable bonds is 7. The molecule has 0 aromatic heterocycles. The standard InChI is InChI=1S/C18H29N3O2/c1-4-11-23-17-7-5-16(6-8-17)12-19-18(22)14-21-10-9-20(3)13-15(21)2/h5-8,15H,4,9-14H2,1-3H3,(H,19,22)/t15-/m0/s1. The van der Waals surface area contributed by atoms with E-state index in [1.165, 1.54) is 0 Å². The summed E-state index contributed by atoms with van der Waals surface area (Å²) in [6.07, 6.45) is 1.00. The van der Waals surface area contributed by atoms with Gasteiger partial charge in [0.1, 0.15) is 5.75 Å². The normalized spacial score (nSPS) is 19.5. The summed E-state index contributed by atoms with van der Waals surface area (Å²) >= 11 is 0. The van der Waals surface area contributed by atoms with Gasteiger partial charge in [0.15, 0.2) is 0 Å². The van der Waals surface area contributed by atoms with Crippen LogP contribution < -0.4 is 10.1 Å². The molecular weight excluding hydrogens is 290 g/mol. The van der Waals surface area contributed by atoms with E-state index in [1.807, 2.05) is 24.3 Å². The average molecular weight is 319 g/mol. The van der Waals surface area contributed by atoms with E-state index in [-0.39, 0.29) is 5.91 Å². The molecule has 5 nitrogen and oxygen atoms in total. The molecule has 1 aliphatic heterocycles. The van der Waals surface area contributed by atoms with Gasteiger partial charge in [0.05, 0.1) is 13.2 Å². The molecule has 5 heteroatoms. The first-order chi connectivity index (χ1) is 11.1. The van der Waals surface area contributed by atoms with Crippen molar-refractivity contribution in [2.75, 3.05) is 39.8 Å². The van der Waals surface area contributed by atoms with Crippen LogP contribution in [-0.4, -0.2) is 61.6 Å². The fraction of sp³-hybridized carbons (Fsp3) is 0.611. The number of amides is 1. The summed E-state index contributed by atoms with van der Waals surface area (Å²) in [5.41, 5.74) is 1.09. The van der Waals surface area contributed by atoms with Gasteiger partial charge in [-0.05, 0) is 38.1 Å². The van der Waals surface area contributed by atoms with Crippen molar-refractivity contribution in [1.29, 1.82) is 0 Å². The number of benzene rings is 1. The molecule has 1 aliphatic rings. The second kappa shape index (κ2) is 8.89. The van der Waals surface area contributed by atoms with Crippen LogP contribution in [0.3, 0.4) is 0 Å². The van der Waals surface area contributed by atoms with E-state index in [1.54, 1.807) is 0 Å². The first kappa shape index (κ1) is 17.8. The van der Waals surface area contributed by atoms with Crippen molar-refractivity contribution in [3.05, 3.63) is 29.8 Å². The first-order valence-electron chi connectivity index (χ1n) is 8.49. The third-order valence-electron chi connectivity index (χ3n) is 4.20. The van der Waals surface area contributed by atoms with Crippen LogP contribution in [0.25, 0.3) is 0 Å². The number of nitrogens with zero attached hydrogens (tertiary/aromatic N) is 2. The quantitative estimate of drug-likeness (QED) is 0.831. The lowest BCUT2D eigenvalue weighted by atomic mass is 10.2. The Labute approximate surface area is 139 Å². The Morgan fingerprint density at radius 1 is 1.30 bits per heavy atom. The molecule has 0 unspecified atom stereocenters. The van der Waals surface area contributed by atoms with Crippen LogP contribution in [0.15, 0.2) is 24.3 Å². The Balaban J connectivity index is 1.73. The van der Waals surface area contributed by atoms with Gasteiger partial charge >= 0.3 is 0 Å². The zero-order chi connectivity index (χ0) is 16.7. The van der Waals surface area contributed by atoms with Crippen molar-refractivity contribution in [1.82, 2.24) is 15.1 Å². The summed E-state index contributed by atoms with van der Waals surface area (Å²) in [6.45, 7) is 9.04. The lowest BCUT2D eigenvalue weighted by Gasteiger charge is -2.37. The topological polar surface area (TPSA) is 44.8 Å². The van der Waals surface area contributed by atoms with Gasteiger partial charge in [-0.1, -0.05) is 19.1 Å². The highest BCUT2D eigenvalue weighted by Crippen LogP contribution is 2.12. The molecular formula is C18H29N3O2. The predicted octanol–water partition coefficient (Wildman–Crippen LogP) is 1.73. The summed E-state index contributed by atoms with van der Waals surface area (Å²) in [5.74, 6) is 0.973. The summed E-state index contributed by atoms with van der Waals surface area (Å²) in [7, 11) is 2.13.